The number of aryl methyl sites for hydroxylation is 1. The van der Waals surface area contributed by atoms with E-state index in [0.717, 1.165) is 12.1 Å². The number of rotatable bonds is 3. The maximum atomic E-state index is 13.7. The Bertz CT molecular complexity index is 620. The van der Waals surface area contributed by atoms with Crippen LogP contribution in [0.1, 0.15) is 22.8 Å². The molecular weight excluding hydrogens is 272 g/mol. The largest absolute Gasteiger partial charge is 0.388 e. The molecule has 106 valence electrons. The molecule has 0 aliphatic rings. The molecule has 2 aromatic carbocycles. The highest BCUT2D eigenvalue weighted by Crippen LogP contribution is 2.26. The summed E-state index contributed by atoms with van der Waals surface area (Å²) in [4.78, 5) is 0. The average molecular weight is 284 g/mol. The van der Waals surface area contributed by atoms with Crippen LogP contribution < -0.4 is 0 Å². The Labute approximate surface area is 113 Å². The average Bonchev–Trinajstić information content (AvgIpc) is 2.40. The summed E-state index contributed by atoms with van der Waals surface area (Å²) in [6.45, 7) is 1.38. The highest BCUT2D eigenvalue weighted by Gasteiger charge is 2.20. The van der Waals surface area contributed by atoms with Gasteiger partial charge < -0.3 is 5.11 Å². The highest BCUT2D eigenvalue weighted by atomic mass is 19.2. The van der Waals surface area contributed by atoms with Crippen molar-refractivity contribution >= 4 is 0 Å². The van der Waals surface area contributed by atoms with Crippen molar-refractivity contribution in [2.75, 3.05) is 0 Å². The van der Waals surface area contributed by atoms with Gasteiger partial charge in [-0.1, -0.05) is 18.2 Å². The van der Waals surface area contributed by atoms with Crippen molar-refractivity contribution in [3.63, 3.8) is 0 Å². The van der Waals surface area contributed by atoms with Crippen LogP contribution in [0.25, 0.3) is 0 Å². The molecule has 1 N–H and O–H groups in total. The van der Waals surface area contributed by atoms with Gasteiger partial charge in [-0.15, -0.1) is 0 Å². The zero-order valence-corrected chi connectivity index (χ0v) is 10.6. The zero-order valence-electron chi connectivity index (χ0n) is 10.6. The van der Waals surface area contributed by atoms with E-state index in [2.05, 4.69) is 0 Å². The quantitative estimate of drug-likeness (QED) is 0.849. The predicted octanol–water partition coefficient (Wildman–Crippen LogP) is 3.83. The summed E-state index contributed by atoms with van der Waals surface area (Å²) in [5, 5.41) is 9.88. The Balaban J connectivity index is 2.34. The number of halogens is 4. The van der Waals surface area contributed by atoms with Crippen LogP contribution >= 0.6 is 0 Å². The first-order valence-electron chi connectivity index (χ1n) is 5.97. The second-order valence-corrected chi connectivity index (χ2v) is 4.52. The molecule has 1 unspecified atom stereocenters. The van der Waals surface area contributed by atoms with Gasteiger partial charge in [-0.25, -0.2) is 17.6 Å². The molecular formula is C15H12F4O. The van der Waals surface area contributed by atoms with Crippen molar-refractivity contribution in [3.05, 3.63) is 70.3 Å². The predicted molar refractivity (Wildman–Crippen MR) is 66.1 cm³/mol. The summed E-state index contributed by atoms with van der Waals surface area (Å²) >= 11 is 0. The third-order valence-corrected chi connectivity index (χ3v) is 3.12. The molecule has 0 saturated carbocycles. The van der Waals surface area contributed by atoms with Crippen molar-refractivity contribution in [2.45, 2.75) is 19.4 Å². The van der Waals surface area contributed by atoms with Gasteiger partial charge in [0.05, 0.1) is 6.10 Å². The minimum absolute atomic E-state index is 0.0931. The van der Waals surface area contributed by atoms with E-state index < -0.39 is 35.8 Å². The first-order valence-corrected chi connectivity index (χ1v) is 5.97. The van der Waals surface area contributed by atoms with Crippen molar-refractivity contribution in [1.29, 1.82) is 0 Å². The Morgan fingerprint density at radius 1 is 0.950 bits per heavy atom. The molecule has 0 aliphatic heterocycles. The first kappa shape index (κ1) is 14.5. The van der Waals surface area contributed by atoms with Crippen molar-refractivity contribution < 1.29 is 22.7 Å². The van der Waals surface area contributed by atoms with Gasteiger partial charge in [0, 0.05) is 17.5 Å². The first-order chi connectivity index (χ1) is 9.41. The van der Waals surface area contributed by atoms with Crippen LogP contribution in [0.5, 0.6) is 0 Å². The molecule has 0 saturated heterocycles. The summed E-state index contributed by atoms with van der Waals surface area (Å²) in [6.07, 6.45) is -2.01. The third kappa shape index (κ3) is 2.67. The molecule has 5 heteroatoms. The minimum atomic E-state index is -1.53. The topological polar surface area (TPSA) is 20.2 Å². The van der Waals surface area contributed by atoms with Gasteiger partial charge in [0.1, 0.15) is 11.6 Å². The lowest BCUT2D eigenvalue weighted by Crippen LogP contribution is -2.09. The molecule has 0 fully saturated rings. The van der Waals surface area contributed by atoms with Crippen LogP contribution in [-0.2, 0) is 6.42 Å². The van der Waals surface area contributed by atoms with Gasteiger partial charge in [-0.05, 0) is 24.6 Å². The minimum Gasteiger partial charge on any atom is -0.388 e. The van der Waals surface area contributed by atoms with Crippen molar-refractivity contribution in [3.8, 4) is 0 Å². The molecule has 0 spiro atoms. The van der Waals surface area contributed by atoms with Crippen LogP contribution in [0, 0.1) is 30.2 Å². The fraction of sp³-hybridized carbons (Fsp3) is 0.200. The molecule has 0 aromatic heterocycles. The van der Waals surface area contributed by atoms with Crippen molar-refractivity contribution in [2.24, 2.45) is 0 Å². The molecule has 2 rings (SSSR count). The van der Waals surface area contributed by atoms with Crippen LogP contribution in [0.15, 0.2) is 30.3 Å². The number of hydrogen-bond donors (Lipinski definition) is 1. The lowest BCUT2D eigenvalue weighted by Gasteiger charge is -2.14. The van der Waals surface area contributed by atoms with E-state index in [1.54, 1.807) is 0 Å². The maximum absolute atomic E-state index is 13.7. The van der Waals surface area contributed by atoms with E-state index in [0.29, 0.717) is 0 Å². The SMILES string of the molecule is Cc1ccc(C(O)Cc2c(F)cccc2F)c(F)c1F. The molecule has 20 heavy (non-hydrogen) atoms. The molecule has 1 nitrogen and oxygen atoms in total. The van der Waals surface area contributed by atoms with Gasteiger partial charge >= 0.3 is 0 Å². The smallest absolute Gasteiger partial charge is 0.164 e. The van der Waals surface area contributed by atoms with Crippen LogP contribution in [0.3, 0.4) is 0 Å². The van der Waals surface area contributed by atoms with E-state index in [4.69, 9.17) is 0 Å². The molecule has 0 bridgehead atoms. The molecule has 0 aliphatic carbocycles. The van der Waals surface area contributed by atoms with Crippen LogP contribution in [-0.4, -0.2) is 5.11 Å². The molecule has 1 atom stereocenters. The van der Waals surface area contributed by atoms with E-state index in [1.165, 1.54) is 25.1 Å². The Kier molecular flexibility index (Phi) is 4.09. The Morgan fingerprint density at radius 2 is 1.55 bits per heavy atom. The van der Waals surface area contributed by atoms with Crippen LogP contribution in [0.4, 0.5) is 17.6 Å². The van der Waals surface area contributed by atoms with E-state index >= 15 is 0 Å². The van der Waals surface area contributed by atoms with Gasteiger partial charge in [-0.2, -0.15) is 0 Å². The summed E-state index contributed by atoms with van der Waals surface area (Å²) in [6, 6.07) is 5.77. The summed E-state index contributed by atoms with van der Waals surface area (Å²) < 4.78 is 54.0. The van der Waals surface area contributed by atoms with E-state index in [-0.39, 0.29) is 16.7 Å². The highest BCUT2D eigenvalue weighted by molar-refractivity contribution is 5.29. The molecule has 0 heterocycles. The number of aliphatic hydroxyl groups excluding tert-OH is 1. The normalized spacial score (nSPS) is 12.5. The van der Waals surface area contributed by atoms with Gasteiger partial charge in [0.15, 0.2) is 11.6 Å². The maximum Gasteiger partial charge on any atom is 0.164 e. The second-order valence-electron chi connectivity index (χ2n) is 4.52. The fourth-order valence-corrected chi connectivity index (χ4v) is 1.95. The summed E-state index contributed by atoms with van der Waals surface area (Å²) in [5.41, 5.74) is -0.591. The summed E-state index contributed by atoms with van der Waals surface area (Å²) in [5.74, 6) is -3.95. The Hall–Kier alpha value is -1.88. The monoisotopic (exact) mass is 284 g/mol. The molecule has 2 aromatic rings. The van der Waals surface area contributed by atoms with Gasteiger partial charge in [0.25, 0.3) is 0 Å². The standard InChI is InChI=1S/C15H12F4O/c1-8-5-6-9(15(19)14(8)18)13(20)7-10-11(16)3-2-4-12(10)17/h2-6,13,20H,7H2,1H3. The zero-order chi connectivity index (χ0) is 14.9. The number of benzene rings is 2. The van der Waals surface area contributed by atoms with Crippen LogP contribution in [0.2, 0.25) is 0 Å². The van der Waals surface area contributed by atoms with Gasteiger partial charge in [-0.3, -0.25) is 0 Å². The van der Waals surface area contributed by atoms with E-state index in [1.807, 2.05) is 0 Å². The molecule has 0 radical (unpaired) electrons. The number of aliphatic hydroxyl groups is 1. The lowest BCUT2D eigenvalue weighted by molar-refractivity contribution is 0.169. The summed E-state index contributed by atoms with van der Waals surface area (Å²) in [7, 11) is 0. The van der Waals surface area contributed by atoms with Crippen molar-refractivity contribution in [1.82, 2.24) is 0 Å². The lowest BCUT2D eigenvalue weighted by atomic mass is 9.99. The van der Waals surface area contributed by atoms with Gasteiger partial charge in [0.2, 0.25) is 0 Å². The number of hydrogen-bond acceptors (Lipinski definition) is 1. The van der Waals surface area contributed by atoms with E-state index in [9.17, 15) is 22.7 Å². The third-order valence-electron chi connectivity index (χ3n) is 3.12. The Morgan fingerprint density at radius 3 is 2.15 bits per heavy atom. The second kappa shape index (κ2) is 5.63. The fourth-order valence-electron chi connectivity index (χ4n) is 1.95. The molecule has 0 amide bonds.